The molecule has 0 spiro atoms. The summed E-state index contributed by atoms with van der Waals surface area (Å²) in [5, 5.41) is 0. The average molecular weight is 273 g/mol. The Morgan fingerprint density at radius 3 is 2.55 bits per heavy atom. The van der Waals surface area contributed by atoms with E-state index >= 15 is 0 Å². The number of carbonyl (C=O) groups excluding carboxylic acids is 1. The SMILES string of the molecule is CC(C)(C)OC(=O)C(Cc1ccccc1)c1cnco1. The number of rotatable bonds is 4. The van der Waals surface area contributed by atoms with E-state index in [0.29, 0.717) is 12.2 Å². The second-order valence-electron chi connectivity index (χ2n) is 5.68. The van der Waals surface area contributed by atoms with Gasteiger partial charge in [-0.25, -0.2) is 4.98 Å². The van der Waals surface area contributed by atoms with Crippen molar-refractivity contribution in [3.05, 3.63) is 54.2 Å². The molecule has 2 rings (SSSR count). The molecule has 0 aliphatic heterocycles. The van der Waals surface area contributed by atoms with Gasteiger partial charge in [0.25, 0.3) is 0 Å². The third-order valence-corrected chi connectivity index (χ3v) is 2.77. The zero-order valence-electron chi connectivity index (χ0n) is 12.0. The highest BCUT2D eigenvalue weighted by Crippen LogP contribution is 2.24. The van der Waals surface area contributed by atoms with Gasteiger partial charge in [0.1, 0.15) is 17.3 Å². The fourth-order valence-corrected chi connectivity index (χ4v) is 1.92. The monoisotopic (exact) mass is 273 g/mol. The van der Waals surface area contributed by atoms with Gasteiger partial charge < -0.3 is 9.15 Å². The van der Waals surface area contributed by atoms with Gasteiger partial charge in [-0.2, -0.15) is 0 Å². The van der Waals surface area contributed by atoms with Crippen LogP contribution in [0.3, 0.4) is 0 Å². The van der Waals surface area contributed by atoms with E-state index in [1.807, 2.05) is 51.1 Å². The van der Waals surface area contributed by atoms with Crippen molar-refractivity contribution in [2.45, 2.75) is 38.7 Å². The van der Waals surface area contributed by atoms with E-state index in [1.165, 1.54) is 6.39 Å². The number of esters is 1. The van der Waals surface area contributed by atoms with Gasteiger partial charge in [0.05, 0.1) is 6.20 Å². The molecular weight excluding hydrogens is 254 g/mol. The van der Waals surface area contributed by atoms with Gasteiger partial charge in [0, 0.05) is 0 Å². The Morgan fingerprint density at radius 2 is 2.00 bits per heavy atom. The van der Waals surface area contributed by atoms with Gasteiger partial charge >= 0.3 is 5.97 Å². The molecule has 0 saturated carbocycles. The minimum atomic E-state index is -0.522. The lowest BCUT2D eigenvalue weighted by Gasteiger charge is -2.23. The van der Waals surface area contributed by atoms with Gasteiger partial charge in [0.2, 0.25) is 0 Å². The van der Waals surface area contributed by atoms with Crippen molar-refractivity contribution >= 4 is 5.97 Å². The second-order valence-corrected chi connectivity index (χ2v) is 5.68. The van der Waals surface area contributed by atoms with Crippen molar-refractivity contribution in [2.24, 2.45) is 0 Å². The maximum absolute atomic E-state index is 12.4. The van der Waals surface area contributed by atoms with E-state index in [2.05, 4.69) is 4.98 Å². The van der Waals surface area contributed by atoms with Crippen LogP contribution in [0.5, 0.6) is 0 Å². The minimum absolute atomic E-state index is 0.293. The zero-order chi connectivity index (χ0) is 14.6. The molecule has 0 bridgehead atoms. The predicted octanol–water partition coefficient (Wildman–Crippen LogP) is 3.34. The lowest BCUT2D eigenvalue weighted by molar-refractivity contribution is -0.157. The van der Waals surface area contributed by atoms with Crippen molar-refractivity contribution in [3.8, 4) is 0 Å². The predicted molar refractivity (Wildman–Crippen MR) is 75.2 cm³/mol. The first kappa shape index (κ1) is 14.3. The van der Waals surface area contributed by atoms with Gasteiger partial charge in [0.15, 0.2) is 6.39 Å². The van der Waals surface area contributed by atoms with Crippen LogP contribution in [0.4, 0.5) is 0 Å². The van der Waals surface area contributed by atoms with Crippen molar-refractivity contribution in [1.82, 2.24) is 4.98 Å². The Kier molecular flexibility index (Phi) is 4.23. The first-order valence-electron chi connectivity index (χ1n) is 6.61. The summed E-state index contributed by atoms with van der Waals surface area (Å²) in [5.41, 5.74) is 0.534. The number of oxazole rings is 1. The third kappa shape index (κ3) is 3.95. The molecule has 20 heavy (non-hydrogen) atoms. The molecule has 0 saturated heterocycles. The molecule has 106 valence electrons. The molecule has 4 nitrogen and oxygen atoms in total. The van der Waals surface area contributed by atoms with Crippen LogP contribution in [0.25, 0.3) is 0 Å². The molecule has 0 radical (unpaired) electrons. The van der Waals surface area contributed by atoms with Crippen LogP contribution in [0.15, 0.2) is 47.3 Å². The van der Waals surface area contributed by atoms with Crippen molar-refractivity contribution in [2.75, 3.05) is 0 Å². The van der Waals surface area contributed by atoms with Crippen molar-refractivity contribution in [1.29, 1.82) is 0 Å². The van der Waals surface area contributed by atoms with Gasteiger partial charge in [-0.05, 0) is 32.8 Å². The van der Waals surface area contributed by atoms with Gasteiger partial charge in [-0.1, -0.05) is 30.3 Å². The summed E-state index contributed by atoms with van der Waals surface area (Å²) in [7, 11) is 0. The topological polar surface area (TPSA) is 52.3 Å². The summed E-state index contributed by atoms with van der Waals surface area (Å²) < 4.78 is 10.8. The molecule has 0 N–H and O–H groups in total. The van der Waals surface area contributed by atoms with Crippen LogP contribution in [0, 0.1) is 0 Å². The minimum Gasteiger partial charge on any atom is -0.459 e. The van der Waals surface area contributed by atoms with E-state index < -0.39 is 11.5 Å². The Morgan fingerprint density at radius 1 is 1.30 bits per heavy atom. The van der Waals surface area contributed by atoms with Crippen molar-refractivity contribution in [3.63, 3.8) is 0 Å². The zero-order valence-corrected chi connectivity index (χ0v) is 12.0. The Labute approximate surface area is 118 Å². The smallest absolute Gasteiger partial charge is 0.317 e. The molecule has 2 aromatic rings. The number of aromatic nitrogens is 1. The number of hydrogen-bond donors (Lipinski definition) is 0. The molecule has 0 aliphatic carbocycles. The van der Waals surface area contributed by atoms with Gasteiger partial charge in [-0.3, -0.25) is 4.79 Å². The summed E-state index contributed by atoms with van der Waals surface area (Å²) in [5.74, 6) is -0.236. The average Bonchev–Trinajstić information content (AvgIpc) is 2.88. The number of ether oxygens (including phenoxy) is 1. The third-order valence-electron chi connectivity index (χ3n) is 2.77. The van der Waals surface area contributed by atoms with Crippen LogP contribution >= 0.6 is 0 Å². The molecule has 4 heteroatoms. The molecule has 1 aromatic carbocycles. The maximum Gasteiger partial charge on any atom is 0.317 e. The molecule has 0 fully saturated rings. The molecule has 0 amide bonds. The largest absolute Gasteiger partial charge is 0.459 e. The molecule has 1 unspecified atom stereocenters. The quantitative estimate of drug-likeness (QED) is 0.802. The van der Waals surface area contributed by atoms with Gasteiger partial charge in [-0.15, -0.1) is 0 Å². The Hall–Kier alpha value is -2.10. The van der Waals surface area contributed by atoms with E-state index in [-0.39, 0.29) is 5.97 Å². The fraction of sp³-hybridized carbons (Fsp3) is 0.375. The standard InChI is InChI=1S/C16H19NO3/c1-16(2,3)20-15(18)13(14-10-17-11-19-14)9-12-7-5-4-6-8-12/h4-8,10-11,13H,9H2,1-3H3. The number of hydrogen-bond acceptors (Lipinski definition) is 4. The van der Waals surface area contributed by atoms with Crippen LogP contribution in [-0.4, -0.2) is 16.6 Å². The van der Waals surface area contributed by atoms with E-state index in [1.54, 1.807) is 6.20 Å². The lowest BCUT2D eigenvalue weighted by Crippen LogP contribution is -2.28. The highest BCUT2D eigenvalue weighted by Gasteiger charge is 2.29. The molecular formula is C16H19NO3. The Bertz CT molecular complexity index is 541. The normalized spacial score (nSPS) is 12.9. The van der Waals surface area contributed by atoms with Crippen LogP contribution < -0.4 is 0 Å². The summed E-state index contributed by atoms with van der Waals surface area (Å²) in [6, 6.07) is 9.80. The van der Waals surface area contributed by atoms with Crippen LogP contribution in [0.2, 0.25) is 0 Å². The molecule has 0 aliphatic rings. The van der Waals surface area contributed by atoms with Crippen LogP contribution in [0.1, 0.15) is 38.0 Å². The maximum atomic E-state index is 12.4. The Balaban J connectivity index is 2.20. The summed E-state index contributed by atoms with van der Waals surface area (Å²) in [4.78, 5) is 16.2. The molecule has 1 heterocycles. The van der Waals surface area contributed by atoms with E-state index in [4.69, 9.17) is 9.15 Å². The summed E-state index contributed by atoms with van der Waals surface area (Å²) in [6.45, 7) is 5.56. The lowest BCUT2D eigenvalue weighted by atomic mass is 9.97. The van der Waals surface area contributed by atoms with E-state index in [9.17, 15) is 4.79 Å². The summed E-state index contributed by atoms with van der Waals surface area (Å²) >= 11 is 0. The highest BCUT2D eigenvalue weighted by molar-refractivity contribution is 5.78. The first-order valence-corrected chi connectivity index (χ1v) is 6.61. The first-order chi connectivity index (χ1) is 9.46. The van der Waals surface area contributed by atoms with Crippen molar-refractivity contribution < 1.29 is 13.9 Å². The molecule has 1 aromatic heterocycles. The number of nitrogens with zero attached hydrogens (tertiary/aromatic N) is 1. The number of carbonyl (C=O) groups is 1. The van der Waals surface area contributed by atoms with Crippen LogP contribution in [-0.2, 0) is 16.0 Å². The highest BCUT2D eigenvalue weighted by atomic mass is 16.6. The fourth-order valence-electron chi connectivity index (χ4n) is 1.92. The molecule has 1 atom stereocenters. The second kappa shape index (κ2) is 5.90. The summed E-state index contributed by atoms with van der Waals surface area (Å²) in [6.07, 6.45) is 3.43. The van der Waals surface area contributed by atoms with E-state index in [0.717, 1.165) is 5.56 Å². The number of benzene rings is 1.